The molecule has 0 unspecified atom stereocenters. The SMILES string of the molecule is CCn1ccc2c(cc(C(=O)Nc3cc(OC)c(OC)c(OC)c3)n2C)c1=O. The van der Waals surface area contributed by atoms with Crippen LogP contribution < -0.4 is 25.1 Å². The second-order valence-corrected chi connectivity index (χ2v) is 6.16. The average molecular weight is 385 g/mol. The van der Waals surface area contributed by atoms with Crippen LogP contribution in [0.3, 0.4) is 0 Å². The zero-order valence-electron chi connectivity index (χ0n) is 16.5. The molecule has 0 spiro atoms. The van der Waals surface area contributed by atoms with E-state index in [-0.39, 0.29) is 11.5 Å². The molecule has 1 amide bonds. The molecule has 1 N–H and O–H groups in total. The number of rotatable bonds is 6. The van der Waals surface area contributed by atoms with Crippen molar-refractivity contribution in [3.8, 4) is 17.2 Å². The maximum absolute atomic E-state index is 12.9. The highest BCUT2D eigenvalue weighted by molar-refractivity contribution is 6.06. The Hall–Kier alpha value is -3.42. The molecule has 0 fully saturated rings. The van der Waals surface area contributed by atoms with Crippen molar-refractivity contribution in [2.45, 2.75) is 13.5 Å². The predicted octanol–water partition coefficient (Wildman–Crippen LogP) is 2.64. The maximum atomic E-state index is 12.9. The third-order valence-corrected chi connectivity index (χ3v) is 4.68. The van der Waals surface area contributed by atoms with Gasteiger partial charge in [-0.3, -0.25) is 9.59 Å². The van der Waals surface area contributed by atoms with E-state index in [1.165, 1.54) is 21.3 Å². The van der Waals surface area contributed by atoms with Gasteiger partial charge in [-0.2, -0.15) is 0 Å². The molecule has 3 aromatic rings. The number of hydrogen-bond donors (Lipinski definition) is 1. The summed E-state index contributed by atoms with van der Waals surface area (Å²) in [6, 6.07) is 6.73. The van der Waals surface area contributed by atoms with E-state index >= 15 is 0 Å². The number of carbonyl (C=O) groups excluding carboxylic acids is 1. The Morgan fingerprint density at radius 3 is 2.25 bits per heavy atom. The minimum absolute atomic E-state index is 0.123. The number of aromatic nitrogens is 2. The van der Waals surface area contributed by atoms with Crippen LogP contribution in [0, 0.1) is 0 Å². The van der Waals surface area contributed by atoms with Crippen molar-refractivity contribution in [2.24, 2.45) is 7.05 Å². The molecule has 0 bridgehead atoms. The highest BCUT2D eigenvalue weighted by atomic mass is 16.5. The van der Waals surface area contributed by atoms with E-state index in [1.54, 1.807) is 40.6 Å². The van der Waals surface area contributed by atoms with Crippen LogP contribution in [0.15, 0.2) is 35.3 Å². The van der Waals surface area contributed by atoms with Crippen LogP contribution in [-0.2, 0) is 13.6 Å². The number of benzene rings is 1. The van der Waals surface area contributed by atoms with Gasteiger partial charge in [0, 0.05) is 37.6 Å². The molecule has 0 saturated heterocycles. The first-order valence-corrected chi connectivity index (χ1v) is 8.75. The normalized spacial score (nSPS) is 10.8. The number of carbonyl (C=O) groups is 1. The van der Waals surface area contributed by atoms with Crippen molar-refractivity contribution in [3.63, 3.8) is 0 Å². The lowest BCUT2D eigenvalue weighted by molar-refractivity contribution is 0.101. The second kappa shape index (κ2) is 7.67. The first-order valence-electron chi connectivity index (χ1n) is 8.75. The summed E-state index contributed by atoms with van der Waals surface area (Å²) in [5, 5.41) is 3.33. The Morgan fingerprint density at radius 2 is 1.71 bits per heavy atom. The van der Waals surface area contributed by atoms with Crippen LogP contribution in [0.4, 0.5) is 5.69 Å². The smallest absolute Gasteiger partial charge is 0.272 e. The Bertz CT molecular complexity index is 1070. The number of pyridine rings is 1. The number of nitrogens with zero attached hydrogens (tertiary/aromatic N) is 2. The van der Waals surface area contributed by atoms with Gasteiger partial charge in [0.15, 0.2) is 11.5 Å². The molecular formula is C20H23N3O5. The highest BCUT2D eigenvalue weighted by Gasteiger charge is 2.18. The van der Waals surface area contributed by atoms with Gasteiger partial charge in [0.1, 0.15) is 5.69 Å². The maximum Gasteiger partial charge on any atom is 0.272 e. The monoisotopic (exact) mass is 385 g/mol. The fourth-order valence-corrected chi connectivity index (χ4v) is 3.19. The van der Waals surface area contributed by atoms with E-state index in [4.69, 9.17) is 14.2 Å². The number of fused-ring (bicyclic) bond motifs is 1. The van der Waals surface area contributed by atoms with Crippen molar-refractivity contribution in [3.05, 3.63) is 46.5 Å². The Morgan fingerprint density at radius 1 is 1.07 bits per heavy atom. The van der Waals surface area contributed by atoms with E-state index in [2.05, 4.69) is 5.32 Å². The van der Waals surface area contributed by atoms with Gasteiger partial charge in [-0.15, -0.1) is 0 Å². The zero-order chi connectivity index (χ0) is 20.4. The highest BCUT2D eigenvalue weighted by Crippen LogP contribution is 2.40. The van der Waals surface area contributed by atoms with Gasteiger partial charge in [0.25, 0.3) is 11.5 Å². The van der Waals surface area contributed by atoms with Crippen molar-refractivity contribution in [2.75, 3.05) is 26.6 Å². The van der Waals surface area contributed by atoms with E-state index < -0.39 is 0 Å². The number of amides is 1. The van der Waals surface area contributed by atoms with E-state index in [1.807, 2.05) is 13.0 Å². The Labute approximate surface area is 162 Å². The van der Waals surface area contributed by atoms with Crippen molar-refractivity contribution in [1.29, 1.82) is 0 Å². The predicted molar refractivity (Wildman–Crippen MR) is 107 cm³/mol. The molecule has 0 aliphatic heterocycles. The third-order valence-electron chi connectivity index (χ3n) is 4.68. The lowest BCUT2D eigenvalue weighted by Gasteiger charge is -2.14. The first kappa shape index (κ1) is 19.3. The van der Waals surface area contributed by atoms with Crippen LogP contribution in [-0.4, -0.2) is 36.4 Å². The molecule has 28 heavy (non-hydrogen) atoms. The zero-order valence-corrected chi connectivity index (χ0v) is 16.5. The molecule has 0 atom stereocenters. The lowest BCUT2D eigenvalue weighted by atomic mass is 10.2. The molecule has 0 radical (unpaired) electrons. The molecule has 0 aliphatic carbocycles. The largest absolute Gasteiger partial charge is 0.493 e. The molecular weight excluding hydrogens is 362 g/mol. The van der Waals surface area contributed by atoms with Gasteiger partial charge in [-0.1, -0.05) is 0 Å². The van der Waals surface area contributed by atoms with Gasteiger partial charge >= 0.3 is 0 Å². The van der Waals surface area contributed by atoms with Gasteiger partial charge < -0.3 is 28.7 Å². The summed E-state index contributed by atoms with van der Waals surface area (Å²) in [7, 11) is 6.27. The van der Waals surface area contributed by atoms with Crippen molar-refractivity contribution < 1.29 is 19.0 Å². The van der Waals surface area contributed by atoms with Gasteiger partial charge in [0.2, 0.25) is 5.75 Å². The summed E-state index contributed by atoms with van der Waals surface area (Å²) in [4.78, 5) is 25.4. The molecule has 3 rings (SSSR count). The fraction of sp³-hybridized carbons (Fsp3) is 0.300. The van der Waals surface area contributed by atoms with Gasteiger partial charge in [-0.25, -0.2) is 0 Å². The standard InChI is InChI=1S/C20H23N3O5/c1-6-23-8-7-14-13(20(23)25)11-15(22(14)2)19(24)21-12-9-16(26-3)18(28-5)17(10-12)27-4/h7-11H,6H2,1-5H3,(H,21,24). The summed E-state index contributed by atoms with van der Waals surface area (Å²) in [5.41, 5.74) is 1.43. The van der Waals surface area contributed by atoms with Gasteiger partial charge in [-0.05, 0) is 19.1 Å². The molecule has 8 nitrogen and oxygen atoms in total. The van der Waals surface area contributed by atoms with Crippen LogP contribution in [0.25, 0.3) is 10.9 Å². The average Bonchev–Trinajstić information content (AvgIpc) is 3.05. The number of aryl methyl sites for hydroxylation is 2. The molecule has 2 heterocycles. The van der Waals surface area contributed by atoms with E-state index in [0.717, 1.165) is 0 Å². The summed E-state index contributed by atoms with van der Waals surface area (Å²) in [6.07, 6.45) is 1.73. The number of methoxy groups -OCH3 is 3. The fourth-order valence-electron chi connectivity index (χ4n) is 3.19. The number of anilines is 1. The van der Waals surface area contributed by atoms with Crippen molar-refractivity contribution in [1.82, 2.24) is 9.13 Å². The number of ether oxygens (including phenoxy) is 3. The van der Waals surface area contributed by atoms with E-state index in [0.29, 0.717) is 46.1 Å². The molecule has 8 heteroatoms. The third kappa shape index (κ3) is 3.17. The van der Waals surface area contributed by atoms with Crippen LogP contribution in [0.2, 0.25) is 0 Å². The molecule has 0 saturated carbocycles. The lowest BCUT2D eigenvalue weighted by Crippen LogP contribution is -2.17. The van der Waals surface area contributed by atoms with Crippen molar-refractivity contribution >= 4 is 22.5 Å². The summed E-state index contributed by atoms with van der Waals surface area (Å²) < 4.78 is 19.2. The Balaban J connectivity index is 2.01. The number of nitrogens with one attached hydrogen (secondary N) is 1. The number of hydrogen-bond acceptors (Lipinski definition) is 5. The summed E-state index contributed by atoms with van der Waals surface area (Å²) >= 11 is 0. The summed E-state index contributed by atoms with van der Waals surface area (Å²) in [5.74, 6) is 0.947. The molecule has 1 aromatic carbocycles. The molecule has 0 aliphatic rings. The Kier molecular flexibility index (Phi) is 5.30. The molecule has 148 valence electrons. The van der Waals surface area contributed by atoms with Gasteiger partial charge in [0.05, 0.1) is 32.2 Å². The minimum atomic E-state index is -0.351. The second-order valence-electron chi connectivity index (χ2n) is 6.16. The molecule has 2 aromatic heterocycles. The van der Waals surface area contributed by atoms with Crippen LogP contribution >= 0.6 is 0 Å². The minimum Gasteiger partial charge on any atom is -0.493 e. The van der Waals surface area contributed by atoms with Crippen LogP contribution in [0.1, 0.15) is 17.4 Å². The summed E-state index contributed by atoms with van der Waals surface area (Å²) in [6.45, 7) is 2.46. The first-order chi connectivity index (χ1) is 13.4. The quantitative estimate of drug-likeness (QED) is 0.705. The van der Waals surface area contributed by atoms with Crippen LogP contribution in [0.5, 0.6) is 17.2 Å². The van der Waals surface area contributed by atoms with E-state index in [9.17, 15) is 9.59 Å². The topological polar surface area (TPSA) is 83.7 Å².